The molecule has 1 aliphatic rings. The summed E-state index contributed by atoms with van der Waals surface area (Å²) in [6, 6.07) is 0. The van der Waals surface area contributed by atoms with Crippen LogP contribution in [0.2, 0.25) is 0 Å². The van der Waals surface area contributed by atoms with Gasteiger partial charge < -0.3 is 0 Å². The van der Waals surface area contributed by atoms with Crippen molar-refractivity contribution >= 4 is 5.78 Å². The Bertz CT molecular complexity index is 179. The van der Waals surface area contributed by atoms with Crippen LogP contribution in [-0.2, 0) is 4.79 Å². The molecular weight excluding hydrogens is 136 g/mol. The monoisotopic (exact) mass is 152 g/mol. The van der Waals surface area contributed by atoms with Gasteiger partial charge in [-0.1, -0.05) is 20.4 Å². The van der Waals surface area contributed by atoms with Crippen molar-refractivity contribution in [3.63, 3.8) is 0 Å². The summed E-state index contributed by atoms with van der Waals surface area (Å²) in [6.45, 7) is 8.11. The molecule has 0 heterocycles. The van der Waals surface area contributed by atoms with Crippen molar-refractivity contribution in [1.29, 1.82) is 0 Å². The first-order valence-corrected chi connectivity index (χ1v) is 4.32. The lowest BCUT2D eigenvalue weighted by Crippen LogP contribution is -2.20. The molecule has 1 saturated carbocycles. The molecule has 0 aromatic carbocycles. The van der Waals surface area contributed by atoms with Crippen LogP contribution in [0, 0.1) is 11.8 Å². The molecular formula is C10H16O. The summed E-state index contributed by atoms with van der Waals surface area (Å²) >= 11 is 0. The number of hydrogen-bond donors (Lipinski definition) is 0. The second-order valence-corrected chi connectivity index (χ2v) is 3.77. The van der Waals surface area contributed by atoms with Crippen molar-refractivity contribution in [2.75, 3.05) is 0 Å². The Hall–Kier alpha value is -0.590. The second kappa shape index (κ2) is 3.21. The SMILES string of the molecule is C=C1CCC(C(C)C)CC1=O. The van der Waals surface area contributed by atoms with Gasteiger partial charge in [-0.25, -0.2) is 0 Å². The molecule has 1 atom stereocenters. The van der Waals surface area contributed by atoms with Gasteiger partial charge in [0, 0.05) is 6.42 Å². The Labute approximate surface area is 68.5 Å². The van der Waals surface area contributed by atoms with E-state index >= 15 is 0 Å². The summed E-state index contributed by atoms with van der Waals surface area (Å²) in [5, 5.41) is 0. The van der Waals surface area contributed by atoms with E-state index in [-0.39, 0.29) is 5.78 Å². The van der Waals surface area contributed by atoms with Crippen LogP contribution < -0.4 is 0 Å². The molecule has 0 bridgehead atoms. The third-order valence-electron chi connectivity index (χ3n) is 2.60. The quantitative estimate of drug-likeness (QED) is 0.528. The Morgan fingerprint density at radius 3 is 2.64 bits per heavy atom. The van der Waals surface area contributed by atoms with Crippen LogP contribution in [0.15, 0.2) is 12.2 Å². The lowest BCUT2D eigenvalue weighted by atomic mass is 9.79. The van der Waals surface area contributed by atoms with Gasteiger partial charge in [0.25, 0.3) is 0 Å². The molecule has 0 aliphatic heterocycles. The number of hydrogen-bond acceptors (Lipinski definition) is 1. The minimum absolute atomic E-state index is 0.287. The summed E-state index contributed by atoms with van der Waals surface area (Å²) in [7, 11) is 0. The first-order valence-electron chi connectivity index (χ1n) is 4.32. The number of rotatable bonds is 1. The highest BCUT2D eigenvalue weighted by atomic mass is 16.1. The van der Waals surface area contributed by atoms with E-state index in [1.165, 1.54) is 0 Å². The van der Waals surface area contributed by atoms with Crippen LogP contribution in [0.25, 0.3) is 0 Å². The Morgan fingerprint density at radius 1 is 1.55 bits per heavy atom. The number of ketones is 1. The first-order chi connectivity index (χ1) is 5.11. The predicted octanol–water partition coefficient (Wildman–Crippen LogP) is 2.57. The second-order valence-electron chi connectivity index (χ2n) is 3.77. The zero-order valence-electron chi connectivity index (χ0n) is 7.39. The zero-order valence-corrected chi connectivity index (χ0v) is 7.39. The summed E-state index contributed by atoms with van der Waals surface area (Å²) in [6.07, 6.45) is 2.81. The maximum atomic E-state index is 11.2. The van der Waals surface area contributed by atoms with E-state index in [1.807, 2.05) is 0 Å². The van der Waals surface area contributed by atoms with E-state index in [1.54, 1.807) is 0 Å². The highest BCUT2D eigenvalue weighted by Gasteiger charge is 2.24. The van der Waals surface area contributed by atoms with Crippen LogP contribution in [-0.4, -0.2) is 5.78 Å². The van der Waals surface area contributed by atoms with Crippen molar-refractivity contribution < 1.29 is 4.79 Å². The number of allylic oxidation sites excluding steroid dienone is 1. The fourth-order valence-corrected chi connectivity index (χ4v) is 1.55. The van der Waals surface area contributed by atoms with Gasteiger partial charge in [-0.2, -0.15) is 0 Å². The summed E-state index contributed by atoms with van der Waals surface area (Å²) in [5.41, 5.74) is 0.835. The third-order valence-corrected chi connectivity index (χ3v) is 2.60. The zero-order chi connectivity index (χ0) is 8.43. The minimum Gasteiger partial charge on any atom is -0.295 e. The largest absolute Gasteiger partial charge is 0.295 e. The summed E-state index contributed by atoms with van der Waals surface area (Å²) in [5.74, 6) is 1.54. The molecule has 1 nitrogen and oxygen atoms in total. The Morgan fingerprint density at radius 2 is 2.18 bits per heavy atom. The molecule has 1 fully saturated rings. The maximum Gasteiger partial charge on any atom is 0.158 e. The van der Waals surface area contributed by atoms with Crippen LogP contribution in [0.3, 0.4) is 0 Å². The van der Waals surface area contributed by atoms with Crippen molar-refractivity contribution in [1.82, 2.24) is 0 Å². The Balaban J connectivity index is 2.53. The average molecular weight is 152 g/mol. The fourth-order valence-electron chi connectivity index (χ4n) is 1.55. The van der Waals surface area contributed by atoms with Crippen LogP contribution in [0.4, 0.5) is 0 Å². The van der Waals surface area contributed by atoms with Gasteiger partial charge in [-0.15, -0.1) is 0 Å². The van der Waals surface area contributed by atoms with Gasteiger partial charge >= 0.3 is 0 Å². The summed E-state index contributed by atoms with van der Waals surface area (Å²) in [4.78, 5) is 11.2. The topological polar surface area (TPSA) is 17.1 Å². The van der Waals surface area contributed by atoms with Crippen molar-refractivity contribution in [2.45, 2.75) is 33.1 Å². The van der Waals surface area contributed by atoms with Gasteiger partial charge in [0.05, 0.1) is 0 Å². The molecule has 1 heteroatoms. The highest BCUT2D eigenvalue weighted by Crippen LogP contribution is 2.29. The molecule has 1 aliphatic carbocycles. The standard InChI is InChI=1S/C10H16O/c1-7(2)9-5-4-8(3)10(11)6-9/h7,9H,3-6H2,1-2H3. The molecule has 0 aromatic rings. The molecule has 0 radical (unpaired) electrons. The van der Waals surface area contributed by atoms with Crippen molar-refractivity contribution in [2.24, 2.45) is 11.8 Å². The number of carbonyl (C=O) groups is 1. The van der Waals surface area contributed by atoms with Gasteiger partial charge in [-0.05, 0) is 30.3 Å². The number of Topliss-reactive ketones (excluding diaryl/α,β-unsaturated/α-hetero) is 1. The predicted molar refractivity (Wildman–Crippen MR) is 46.3 cm³/mol. The van der Waals surface area contributed by atoms with E-state index in [2.05, 4.69) is 20.4 Å². The normalized spacial score (nSPS) is 26.3. The van der Waals surface area contributed by atoms with Crippen LogP contribution >= 0.6 is 0 Å². The van der Waals surface area contributed by atoms with E-state index < -0.39 is 0 Å². The summed E-state index contributed by atoms with van der Waals surface area (Å²) < 4.78 is 0. The molecule has 1 rings (SSSR count). The molecule has 62 valence electrons. The number of carbonyl (C=O) groups excluding carboxylic acids is 1. The molecule has 11 heavy (non-hydrogen) atoms. The third kappa shape index (κ3) is 1.92. The lowest BCUT2D eigenvalue weighted by Gasteiger charge is -2.25. The molecule has 0 saturated heterocycles. The van der Waals surface area contributed by atoms with Gasteiger partial charge in [0.1, 0.15) is 0 Å². The fraction of sp³-hybridized carbons (Fsp3) is 0.700. The van der Waals surface area contributed by atoms with Crippen LogP contribution in [0.5, 0.6) is 0 Å². The minimum atomic E-state index is 0.287. The molecule has 0 amide bonds. The highest BCUT2D eigenvalue weighted by molar-refractivity contribution is 5.95. The van der Waals surface area contributed by atoms with Crippen LogP contribution in [0.1, 0.15) is 33.1 Å². The van der Waals surface area contributed by atoms with Gasteiger partial charge in [0.2, 0.25) is 0 Å². The molecule has 0 aromatic heterocycles. The Kier molecular flexibility index (Phi) is 2.48. The van der Waals surface area contributed by atoms with E-state index in [0.29, 0.717) is 11.8 Å². The van der Waals surface area contributed by atoms with Gasteiger partial charge in [0.15, 0.2) is 5.78 Å². The van der Waals surface area contributed by atoms with Gasteiger partial charge in [-0.3, -0.25) is 4.79 Å². The molecule has 1 unspecified atom stereocenters. The first kappa shape index (κ1) is 8.51. The van der Waals surface area contributed by atoms with Crippen molar-refractivity contribution in [3.05, 3.63) is 12.2 Å². The van der Waals surface area contributed by atoms with E-state index in [0.717, 1.165) is 24.8 Å². The maximum absolute atomic E-state index is 11.2. The lowest BCUT2D eigenvalue weighted by molar-refractivity contribution is -0.117. The molecule has 0 N–H and O–H groups in total. The average Bonchev–Trinajstić information content (AvgIpc) is 1.94. The molecule has 0 spiro atoms. The van der Waals surface area contributed by atoms with E-state index in [9.17, 15) is 4.79 Å². The van der Waals surface area contributed by atoms with E-state index in [4.69, 9.17) is 0 Å². The van der Waals surface area contributed by atoms with Crippen molar-refractivity contribution in [3.8, 4) is 0 Å². The smallest absolute Gasteiger partial charge is 0.158 e.